The number of halogens is 1. The summed E-state index contributed by atoms with van der Waals surface area (Å²) in [5, 5.41) is 2.61. The standard InChI is InChI=1S/C16H18BrN3O3/c1-2-20-12-6-5-10(17)9-11(12)13(15(20)22)18-14(21)16(23)19-7-3-4-8-19/h5-6,9,13H,2-4,7-8H2,1H3,(H,18,21)/t13-/m0/s1. The molecule has 0 radical (unpaired) electrons. The Hall–Kier alpha value is -1.89. The van der Waals surface area contributed by atoms with Crippen molar-refractivity contribution in [3.63, 3.8) is 0 Å². The fourth-order valence-electron chi connectivity index (χ4n) is 3.13. The first kappa shape index (κ1) is 16.0. The second-order valence-corrected chi connectivity index (χ2v) is 6.61. The van der Waals surface area contributed by atoms with Gasteiger partial charge in [0.05, 0.1) is 0 Å². The Morgan fingerprint density at radius 3 is 2.65 bits per heavy atom. The topological polar surface area (TPSA) is 69.7 Å². The minimum atomic E-state index is -0.804. The Bertz CT molecular complexity index is 671. The number of amides is 3. The van der Waals surface area contributed by atoms with Crippen LogP contribution in [-0.4, -0.2) is 42.3 Å². The SMILES string of the molecule is CCN1C(=O)[C@@H](NC(=O)C(=O)N2CCCC2)c2cc(Br)ccc21. The van der Waals surface area contributed by atoms with Crippen molar-refractivity contribution < 1.29 is 14.4 Å². The highest BCUT2D eigenvalue weighted by Crippen LogP contribution is 2.37. The molecule has 3 rings (SSSR count). The van der Waals surface area contributed by atoms with E-state index in [9.17, 15) is 14.4 Å². The van der Waals surface area contributed by atoms with Gasteiger partial charge in [-0.2, -0.15) is 0 Å². The Morgan fingerprint density at radius 2 is 2.00 bits per heavy atom. The van der Waals surface area contributed by atoms with Crippen molar-refractivity contribution in [1.29, 1.82) is 0 Å². The molecule has 1 aromatic carbocycles. The van der Waals surface area contributed by atoms with Crippen LogP contribution in [0.3, 0.4) is 0 Å². The van der Waals surface area contributed by atoms with E-state index in [0.29, 0.717) is 25.2 Å². The van der Waals surface area contributed by atoms with Crippen LogP contribution in [0.2, 0.25) is 0 Å². The van der Waals surface area contributed by atoms with Gasteiger partial charge in [0, 0.05) is 35.4 Å². The molecule has 7 heteroatoms. The molecule has 0 bridgehead atoms. The highest BCUT2D eigenvalue weighted by Gasteiger charge is 2.39. The lowest BCUT2D eigenvalue weighted by molar-refractivity contribution is -0.146. The molecule has 0 unspecified atom stereocenters. The first-order valence-corrected chi connectivity index (χ1v) is 8.53. The molecule has 1 atom stereocenters. The van der Waals surface area contributed by atoms with Crippen LogP contribution >= 0.6 is 15.9 Å². The largest absolute Gasteiger partial charge is 0.334 e. The quantitative estimate of drug-likeness (QED) is 0.793. The van der Waals surface area contributed by atoms with Crippen molar-refractivity contribution in [2.24, 2.45) is 0 Å². The minimum Gasteiger partial charge on any atom is -0.334 e. The number of nitrogens with one attached hydrogen (secondary N) is 1. The number of hydrogen-bond acceptors (Lipinski definition) is 3. The molecule has 23 heavy (non-hydrogen) atoms. The molecule has 1 fully saturated rings. The van der Waals surface area contributed by atoms with E-state index in [1.165, 1.54) is 4.90 Å². The predicted molar refractivity (Wildman–Crippen MR) is 88.9 cm³/mol. The van der Waals surface area contributed by atoms with E-state index in [1.54, 1.807) is 4.90 Å². The number of likely N-dealkylation sites (N-methyl/N-ethyl adjacent to an activating group) is 1. The molecule has 2 aliphatic rings. The van der Waals surface area contributed by atoms with Gasteiger partial charge in [0.1, 0.15) is 6.04 Å². The third-order valence-electron chi connectivity index (χ3n) is 4.28. The highest BCUT2D eigenvalue weighted by atomic mass is 79.9. The summed E-state index contributed by atoms with van der Waals surface area (Å²) >= 11 is 3.39. The van der Waals surface area contributed by atoms with Crippen molar-refractivity contribution in [2.45, 2.75) is 25.8 Å². The molecule has 0 aliphatic carbocycles. The number of anilines is 1. The predicted octanol–water partition coefficient (Wildman–Crippen LogP) is 1.60. The number of benzene rings is 1. The van der Waals surface area contributed by atoms with Crippen molar-refractivity contribution in [3.8, 4) is 0 Å². The zero-order chi connectivity index (χ0) is 16.6. The van der Waals surface area contributed by atoms with Crippen LogP contribution in [0, 0.1) is 0 Å². The Labute approximate surface area is 142 Å². The Balaban J connectivity index is 1.82. The molecular formula is C16H18BrN3O3. The molecule has 2 aliphatic heterocycles. The van der Waals surface area contributed by atoms with Crippen LogP contribution in [0.25, 0.3) is 0 Å². The maximum Gasteiger partial charge on any atom is 0.311 e. The monoisotopic (exact) mass is 379 g/mol. The van der Waals surface area contributed by atoms with E-state index in [-0.39, 0.29) is 5.91 Å². The van der Waals surface area contributed by atoms with Crippen molar-refractivity contribution >= 4 is 39.3 Å². The number of fused-ring (bicyclic) bond motifs is 1. The van der Waals surface area contributed by atoms with Crippen LogP contribution in [0.4, 0.5) is 5.69 Å². The van der Waals surface area contributed by atoms with Crippen LogP contribution in [-0.2, 0) is 14.4 Å². The summed E-state index contributed by atoms with van der Waals surface area (Å²) in [4.78, 5) is 40.1. The zero-order valence-corrected chi connectivity index (χ0v) is 14.4. The average molecular weight is 380 g/mol. The van der Waals surface area contributed by atoms with Gasteiger partial charge in [-0.3, -0.25) is 14.4 Å². The molecule has 1 N–H and O–H groups in total. The molecule has 1 saturated heterocycles. The molecule has 0 aromatic heterocycles. The van der Waals surface area contributed by atoms with Crippen molar-refractivity contribution in [2.75, 3.05) is 24.5 Å². The van der Waals surface area contributed by atoms with Gasteiger partial charge in [0.25, 0.3) is 5.91 Å². The molecule has 0 saturated carbocycles. The summed E-state index contributed by atoms with van der Waals surface area (Å²) in [5.74, 6) is -1.47. The van der Waals surface area contributed by atoms with Gasteiger partial charge in [0.2, 0.25) is 0 Å². The fourth-order valence-corrected chi connectivity index (χ4v) is 3.51. The first-order valence-electron chi connectivity index (χ1n) is 7.73. The Kier molecular flexibility index (Phi) is 4.39. The lowest BCUT2D eigenvalue weighted by Crippen LogP contribution is -2.45. The number of carbonyl (C=O) groups excluding carboxylic acids is 3. The summed E-state index contributed by atoms with van der Waals surface area (Å²) in [6.45, 7) is 3.60. The van der Waals surface area contributed by atoms with E-state index >= 15 is 0 Å². The lowest BCUT2D eigenvalue weighted by Gasteiger charge is -2.18. The van der Waals surface area contributed by atoms with Crippen molar-refractivity contribution in [3.05, 3.63) is 28.2 Å². The van der Waals surface area contributed by atoms with Crippen LogP contribution in [0.1, 0.15) is 31.4 Å². The van der Waals surface area contributed by atoms with E-state index < -0.39 is 17.9 Å². The fraction of sp³-hybridized carbons (Fsp3) is 0.438. The summed E-state index contributed by atoms with van der Waals surface area (Å²) in [6.07, 6.45) is 1.83. The lowest BCUT2D eigenvalue weighted by atomic mass is 10.1. The van der Waals surface area contributed by atoms with Crippen LogP contribution in [0.5, 0.6) is 0 Å². The van der Waals surface area contributed by atoms with Crippen molar-refractivity contribution in [1.82, 2.24) is 10.2 Å². The van der Waals surface area contributed by atoms with Crippen LogP contribution < -0.4 is 10.2 Å². The summed E-state index contributed by atoms with van der Waals surface area (Å²) in [6, 6.07) is 4.71. The van der Waals surface area contributed by atoms with Crippen LogP contribution in [0.15, 0.2) is 22.7 Å². The highest BCUT2D eigenvalue weighted by molar-refractivity contribution is 9.10. The number of nitrogens with zero attached hydrogens (tertiary/aromatic N) is 2. The second kappa shape index (κ2) is 6.31. The van der Waals surface area contributed by atoms with E-state index in [2.05, 4.69) is 21.2 Å². The summed E-state index contributed by atoms with van der Waals surface area (Å²) < 4.78 is 0.826. The smallest absolute Gasteiger partial charge is 0.311 e. The van der Waals surface area contributed by atoms with E-state index in [1.807, 2.05) is 25.1 Å². The number of hydrogen-bond donors (Lipinski definition) is 1. The number of rotatable bonds is 2. The van der Waals surface area contributed by atoms with Gasteiger partial charge < -0.3 is 15.1 Å². The molecule has 3 amide bonds. The van der Waals surface area contributed by atoms with Gasteiger partial charge in [0.15, 0.2) is 0 Å². The minimum absolute atomic E-state index is 0.205. The van der Waals surface area contributed by atoms with Gasteiger partial charge in [-0.1, -0.05) is 15.9 Å². The third-order valence-corrected chi connectivity index (χ3v) is 4.78. The zero-order valence-electron chi connectivity index (χ0n) is 12.8. The van der Waals surface area contributed by atoms with E-state index in [0.717, 1.165) is 23.0 Å². The van der Waals surface area contributed by atoms with E-state index in [4.69, 9.17) is 0 Å². The Morgan fingerprint density at radius 1 is 1.30 bits per heavy atom. The number of likely N-dealkylation sites (tertiary alicyclic amines) is 1. The number of carbonyl (C=O) groups is 3. The van der Waals surface area contributed by atoms with Gasteiger partial charge in [-0.05, 0) is 38.0 Å². The molecule has 6 nitrogen and oxygen atoms in total. The molecule has 122 valence electrons. The molecule has 1 aromatic rings. The average Bonchev–Trinajstić information content (AvgIpc) is 3.15. The molecule has 0 spiro atoms. The van der Waals surface area contributed by atoms with Gasteiger partial charge in [-0.15, -0.1) is 0 Å². The normalized spacial score (nSPS) is 19.9. The van der Waals surface area contributed by atoms with Gasteiger partial charge in [-0.25, -0.2) is 0 Å². The maximum atomic E-state index is 12.6. The summed E-state index contributed by atoms with van der Waals surface area (Å²) in [7, 11) is 0. The molecular weight excluding hydrogens is 362 g/mol. The summed E-state index contributed by atoms with van der Waals surface area (Å²) in [5.41, 5.74) is 1.49. The molecule has 2 heterocycles. The third kappa shape index (κ3) is 2.85. The second-order valence-electron chi connectivity index (χ2n) is 5.69. The maximum absolute atomic E-state index is 12.6. The first-order chi connectivity index (χ1) is 11.0. The van der Waals surface area contributed by atoms with Gasteiger partial charge >= 0.3 is 11.8 Å².